The van der Waals surface area contributed by atoms with Crippen molar-refractivity contribution < 1.29 is 45.8 Å². The average Bonchev–Trinajstić information content (AvgIpc) is 2.12. The summed E-state index contributed by atoms with van der Waals surface area (Å²) in [6.45, 7) is 16.5. The number of carboxylic acid groups (broad SMARTS) is 1. The second kappa shape index (κ2) is 13.5. The van der Waals surface area contributed by atoms with Crippen LogP contribution < -0.4 is 0 Å². The summed E-state index contributed by atoms with van der Waals surface area (Å²) < 4.78 is 16.4. The third-order valence-electron chi connectivity index (χ3n) is 1.29. The van der Waals surface area contributed by atoms with E-state index >= 15 is 0 Å². The van der Waals surface area contributed by atoms with E-state index in [2.05, 4.69) is 6.58 Å². The molecule has 5 nitrogen and oxygen atoms in total. The van der Waals surface area contributed by atoms with Gasteiger partial charge in [-0.1, -0.05) is 0 Å². The Balaban J connectivity index is -0.000000508. The average molecular weight is 323 g/mol. The van der Waals surface area contributed by atoms with Crippen molar-refractivity contribution in [1.29, 1.82) is 0 Å². The molecule has 0 heterocycles. The van der Waals surface area contributed by atoms with Gasteiger partial charge in [0.1, 0.15) is 0 Å². The van der Waals surface area contributed by atoms with Gasteiger partial charge in [-0.15, -0.1) is 0 Å². The number of aliphatic carboxylic acids is 1. The van der Waals surface area contributed by atoms with Gasteiger partial charge in [-0.05, 0) is 41.5 Å². The first-order chi connectivity index (χ1) is 8.56. The molecule has 0 unspecified atom stereocenters. The first-order valence-corrected chi connectivity index (χ1v) is 6.31. The Hall–Kier alpha value is -0.486. The molecule has 0 amide bonds. The Morgan fingerprint density at radius 3 is 1.50 bits per heavy atom. The second-order valence-corrected chi connectivity index (χ2v) is 4.73. The number of carboxylic acids is 1. The van der Waals surface area contributed by atoms with Crippen molar-refractivity contribution in [3.05, 3.63) is 18.6 Å². The van der Waals surface area contributed by atoms with Gasteiger partial charge in [0.15, 0.2) is 0 Å². The minimum absolute atomic E-state index is 0. The zero-order valence-electron chi connectivity index (χ0n) is 13.5. The van der Waals surface area contributed by atoms with Crippen LogP contribution in [-0.2, 0) is 40.7 Å². The summed E-state index contributed by atoms with van der Waals surface area (Å²) in [6, 6.07) is 0. The standard InChI is InChI=1S/C12H23O3.C2H4O2.Ti/c1-8(2)13-11(7)12(14-9(3)4)15-10(5)6;1-2(3)4;/h8-10H,7H2,1-6H3;1H3,(H,3,4);/q-1;;. The molecule has 0 bridgehead atoms. The second-order valence-electron chi connectivity index (χ2n) is 4.73. The minimum atomic E-state index is -0.833. The van der Waals surface area contributed by atoms with Crippen molar-refractivity contribution in [3.8, 4) is 0 Å². The Morgan fingerprint density at radius 2 is 1.30 bits per heavy atom. The summed E-state index contributed by atoms with van der Waals surface area (Å²) in [5, 5.41) is 7.42. The van der Waals surface area contributed by atoms with Crippen LogP contribution in [0.5, 0.6) is 0 Å². The van der Waals surface area contributed by atoms with Gasteiger partial charge in [0.05, 0.1) is 12.4 Å². The maximum Gasteiger partial charge on any atom is 0.300 e. The minimum Gasteiger partial charge on any atom is -0.524 e. The van der Waals surface area contributed by atoms with Crippen LogP contribution in [0.15, 0.2) is 12.3 Å². The molecule has 0 saturated carbocycles. The number of carbonyl (C=O) groups is 1. The predicted octanol–water partition coefficient (Wildman–Crippen LogP) is 3.35. The van der Waals surface area contributed by atoms with Crippen LogP contribution in [0.4, 0.5) is 0 Å². The summed E-state index contributed by atoms with van der Waals surface area (Å²) in [4.78, 5) is 9.00. The third kappa shape index (κ3) is 19.8. The van der Waals surface area contributed by atoms with Crippen molar-refractivity contribution in [2.24, 2.45) is 0 Å². The van der Waals surface area contributed by atoms with Crippen molar-refractivity contribution >= 4 is 5.97 Å². The Labute approximate surface area is 137 Å². The van der Waals surface area contributed by atoms with Gasteiger partial charge in [-0.3, -0.25) is 4.79 Å². The number of hydrogen-bond donors (Lipinski definition) is 1. The fourth-order valence-corrected chi connectivity index (χ4v) is 0.920. The van der Waals surface area contributed by atoms with E-state index in [0.29, 0.717) is 12.0 Å². The molecule has 0 radical (unpaired) electrons. The molecule has 0 atom stereocenters. The van der Waals surface area contributed by atoms with Crippen LogP contribution in [0.2, 0.25) is 0 Å². The molecule has 6 heteroatoms. The van der Waals surface area contributed by atoms with Gasteiger partial charge in [0, 0.05) is 46.6 Å². The molecule has 118 valence electrons. The normalized spacial score (nSPS) is 9.70. The van der Waals surface area contributed by atoms with Crippen molar-refractivity contribution in [2.75, 3.05) is 0 Å². The van der Waals surface area contributed by atoms with E-state index in [1.54, 1.807) is 0 Å². The maximum atomic E-state index is 9.00. The molecule has 1 N–H and O–H groups in total. The summed E-state index contributed by atoms with van der Waals surface area (Å²) in [6.07, 6.45) is 0.547. The van der Waals surface area contributed by atoms with Crippen molar-refractivity contribution in [1.82, 2.24) is 0 Å². The van der Waals surface area contributed by atoms with E-state index in [0.717, 1.165) is 6.92 Å². The molecule has 0 aliphatic rings. The van der Waals surface area contributed by atoms with E-state index < -0.39 is 5.97 Å². The smallest absolute Gasteiger partial charge is 0.300 e. The van der Waals surface area contributed by atoms with E-state index in [-0.39, 0.29) is 40.0 Å². The number of hydrogen-bond acceptors (Lipinski definition) is 4. The van der Waals surface area contributed by atoms with Crippen molar-refractivity contribution in [3.63, 3.8) is 0 Å². The topological polar surface area (TPSA) is 65.0 Å². The van der Waals surface area contributed by atoms with Gasteiger partial charge >= 0.3 is 0 Å². The van der Waals surface area contributed by atoms with Gasteiger partial charge in [-0.25, -0.2) is 0 Å². The molecule has 0 aromatic rings. The summed E-state index contributed by atoms with van der Waals surface area (Å²) in [7, 11) is 0. The first-order valence-electron chi connectivity index (χ1n) is 6.31. The molecule has 0 aliphatic heterocycles. The maximum absolute atomic E-state index is 9.00. The van der Waals surface area contributed by atoms with Crippen LogP contribution in [0, 0.1) is 6.29 Å². The fraction of sp³-hybridized carbons (Fsp3) is 0.714. The molecule has 0 spiro atoms. The Morgan fingerprint density at radius 1 is 1.00 bits per heavy atom. The summed E-state index contributed by atoms with van der Waals surface area (Å²) >= 11 is 0. The van der Waals surface area contributed by atoms with E-state index in [4.69, 9.17) is 24.1 Å². The van der Waals surface area contributed by atoms with Crippen LogP contribution in [-0.4, -0.2) is 29.4 Å². The molecular weight excluding hydrogens is 296 g/mol. The molecule has 0 saturated heterocycles. The zero-order valence-corrected chi connectivity index (χ0v) is 15.1. The molecule has 0 fully saturated rings. The van der Waals surface area contributed by atoms with Crippen LogP contribution in [0.3, 0.4) is 0 Å². The predicted molar refractivity (Wildman–Crippen MR) is 74.4 cm³/mol. The molecule has 0 aromatic heterocycles. The van der Waals surface area contributed by atoms with Crippen LogP contribution in [0.1, 0.15) is 48.5 Å². The Kier molecular flexibility index (Phi) is 16.5. The third-order valence-corrected chi connectivity index (χ3v) is 1.29. The van der Waals surface area contributed by atoms with E-state index in [1.165, 1.54) is 0 Å². The first kappa shape index (κ1) is 24.5. The zero-order chi connectivity index (χ0) is 15.6. The van der Waals surface area contributed by atoms with Crippen LogP contribution in [0.25, 0.3) is 0 Å². The molecule has 20 heavy (non-hydrogen) atoms. The summed E-state index contributed by atoms with van der Waals surface area (Å²) in [5.41, 5.74) is 0. The molecule has 0 aromatic carbocycles. The van der Waals surface area contributed by atoms with Crippen LogP contribution >= 0.6 is 0 Å². The molecule has 0 aliphatic carbocycles. The monoisotopic (exact) mass is 323 g/mol. The van der Waals surface area contributed by atoms with Gasteiger partial charge in [0.2, 0.25) is 0 Å². The van der Waals surface area contributed by atoms with E-state index in [9.17, 15) is 0 Å². The Bertz CT molecular complexity index is 250. The van der Waals surface area contributed by atoms with E-state index in [1.807, 2.05) is 41.5 Å². The summed E-state index contributed by atoms with van der Waals surface area (Å²) in [5.74, 6) is -0.382. The number of rotatable bonds is 7. The van der Waals surface area contributed by atoms with Gasteiger partial charge in [0.25, 0.3) is 5.97 Å². The largest absolute Gasteiger partial charge is 0.524 e. The number of ether oxygens (including phenoxy) is 3. The molecule has 0 rings (SSSR count). The SMILES string of the molecule is C=C(OC(C)C)[C-](OC(C)C)OC(C)C.CC(=O)O.[Ti]. The van der Waals surface area contributed by atoms with Gasteiger partial charge < -0.3 is 19.3 Å². The van der Waals surface area contributed by atoms with Crippen molar-refractivity contribution in [2.45, 2.75) is 66.8 Å². The molecular formula is C14H27O5Ti-. The van der Waals surface area contributed by atoms with Gasteiger partial charge in [-0.2, -0.15) is 6.58 Å². The quantitative estimate of drug-likeness (QED) is 0.442. The fourth-order valence-electron chi connectivity index (χ4n) is 0.920.